The first kappa shape index (κ1) is 74.9. The largest absolute Gasteiger partial charge is 0.465 e. The molecule has 0 saturated heterocycles. The van der Waals surface area contributed by atoms with Gasteiger partial charge in [0, 0.05) is 54.6 Å². The van der Waals surface area contributed by atoms with Crippen LogP contribution in [0.3, 0.4) is 0 Å². The molecule has 0 aliphatic carbocycles. The summed E-state index contributed by atoms with van der Waals surface area (Å²) < 4.78 is 44.4. The highest BCUT2D eigenvalue weighted by molar-refractivity contribution is 7.55. The second-order valence-electron chi connectivity index (χ2n) is 15.2. The van der Waals surface area contributed by atoms with E-state index in [1.54, 1.807) is 80.5 Å². The average Bonchev–Trinajstić information content (AvgIpc) is 3.75. The van der Waals surface area contributed by atoms with Gasteiger partial charge in [0.25, 0.3) is 11.8 Å². The van der Waals surface area contributed by atoms with Gasteiger partial charge in [0.1, 0.15) is 21.9 Å². The van der Waals surface area contributed by atoms with Gasteiger partial charge in [-0.05, 0) is 111 Å². The highest BCUT2D eigenvalue weighted by atomic mass is 35.5. The Labute approximate surface area is 461 Å². The van der Waals surface area contributed by atoms with Gasteiger partial charge in [0.05, 0.1) is 26.4 Å². The van der Waals surface area contributed by atoms with Gasteiger partial charge in [-0.1, -0.05) is 70.5 Å². The topological polar surface area (TPSA) is 314 Å². The number of nitrogens with one attached hydrogen (secondary N) is 2. The number of amides is 2. The lowest BCUT2D eigenvalue weighted by molar-refractivity contribution is -0.152. The van der Waals surface area contributed by atoms with E-state index in [1.165, 1.54) is 21.1 Å². The molecule has 2 amide bonds. The van der Waals surface area contributed by atoms with Gasteiger partial charge in [0.2, 0.25) is 5.78 Å². The molecule has 432 valence electrons. The molecule has 2 aliphatic rings. The third-order valence-electron chi connectivity index (χ3n) is 10.1. The van der Waals surface area contributed by atoms with E-state index >= 15 is 0 Å². The predicted molar refractivity (Wildman–Crippen MR) is 291 cm³/mol. The molecule has 0 aromatic carbocycles. The number of pyridine rings is 2. The first-order valence-corrected chi connectivity index (χ1v) is 26.2. The molecule has 2 aromatic heterocycles. The number of cyclic esters (lactones) is 2. The highest BCUT2D eigenvalue weighted by Crippen LogP contribution is 2.53. The summed E-state index contributed by atoms with van der Waals surface area (Å²) in [6.45, 7) is 24.8. The molecule has 4 N–H and O–H groups in total. The fourth-order valence-corrected chi connectivity index (χ4v) is 7.58. The number of ketones is 1. The van der Waals surface area contributed by atoms with E-state index in [0.717, 1.165) is 16.1 Å². The molecular formula is C51H77Cl2N6O17P. The van der Waals surface area contributed by atoms with Crippen LogP contribution < -0.4 is 16.7 Å². The monoisotopic (exact) mass is 1150 g/mol. The van der Waals surface area contributed by atoms with E-state index < -0.39 is 54.9 Å². The zero-order chi connectivity index (χ0) is 59.0. The molecule has 0 fully saturated rings. The molecule has 4 rings (SSSR count). The summed E-state index contributed by atoms with van der Waals surface area (Å²) in [6.07, 6.45) is 1.91. The number of hydrazine groups is 2. The lowest BCUT2D eigenvalue weighted by Crippen LogP contribution is -2.37. The Balaban J connectivity index is -0.000000871. The molecule has 26 heteroatoms. The number of aromatic nitrogens is 2. The van der Waals surface area contributed by atoms with Gasteiger partial charge >= 0.3 is 43.4 Å². The first-order chi connectivity index (χ1) is 35.7. The van der Waals surface area contributed by atoms with Gasteiger partial charge in [0.15, 0.2) is 5.66 Å². The van der Waals surface area contributed by atoms with Gasteiger partial charge < -0.3 is 38.2 Å². The van der Waals surface area contributed by atoms with Gasteiger partial charge in [-0.25, -0.2) is 39.8 Å². The van der Waals surface area contributed by atoms with Crippen molar-refractivity contribution < 1.29 is 80.4 Å². The predicted octanol–water partition coefficient (Wildman–Crippen LogP) is 9.02. The van der Waals surface area contributed by atoms with E-state index in [1.807, 2.05) is 33.8 Å². The average molecular weight is 1150 g/mol. The minimum absolute atomic E-state index is 0. The zero-order valence-corrected chi connectivity index (χ0v) is 48.5. The van der Waals surface area contributed by atoms with Crippen molar-refractivity contribution in [3.8, 4) is 0 Å². The van der Waals surface area contributed by atoms with Crippen molar-refractivity contribution in [2.75, 3.05) is 51.5 Å². The molecule has 23 nitrogen and oxygen atoms in total. The minimum Gasteiger partial charge on any atom is -0.465 e. The Kier molecular flexibility index (Phi) is 38.0. The Morgan fingerprint density at radius 2 is 1.12 bits per heavy atom. The number of halogens is 2. The van der Waals surface area contributed by atoms with E-state index in [0.29, 0.717) is 94.3 Å². The second-order valence-corrected chi connectivity index (χ2v) is 18.3. The van der Waals surface area contributed by atoms with Crippen LogP contribution in [0.15, 0.2) is 57.7 Å². The molecular weight excluding hydrogens is 1070 g/mol. The van der Waals surface area contributed by atoms with E-state index in [2.05, 4.69) is 30.3 Å². The Morgan fingerprint density at radius 3 is 1.45 bits per heavy atom. The summed E-state index contributed by atoms with van der Waals surface area (Å²) in [5, 5.41) is 1.79. The van der Waals surface area contributed by atoms with Crippen molar-refractivity contribution in [1.29, 1.82) is 0 Å². The number of Topliss-reactive ketones (excluding diaryl/α,β-unsaturated/α-hetero) is 1. The zero-order valence-electron chi connectivity index (χ0n) is 46.1. The molecule has 0 radical (unpaired) electrons. The summed E-state index contributed by atoms with van der Waals surface area (Å²) in [5.74, 6) is 1.64. The fourth-order valence-electron chi connectivity index (χ4n) is 5.84. The van der Waals surface area contributed by atoms with Crippen molar-refractivity contribution in [2.45, 2.75) is 136 Å². The van der Waals surface area contributed by atoms with Gasteiger partial charge in [-0.2, -0.15) is 5.01 Å². The van der Waals surface area contributed by atoms with Crippen LogP contribution >= 0.6 is 30.8 Å². The number of esters is 6. The quantitative estimate of drug-likeness (QED) is 0.0120. The number of ether oxygens (including phenoxy) is 5. The third kappa shape index (κ3) is 24.7. The molecule has 0 spiro atoms. The maximum atomic E-state index is 12.0. The Bertz CT molecular complexity index is 2510. The summed E-state index contributed by atoms with van der Waals surface area (Å²) >= 11 is 11.6. The number of hydrogen-bond acceptors (Lipinski definition) is 22. The van der Waals surface area contributed by atoms with Gasteiger partial charge in [-0.3, -0.25) is 29.2 Å². The van der Waals surface area contributed by atoms with Crippen LogP contribution in [0.25, 0.3) is 0 Å². The second kappa shape index (κ2) is 39.1. The highest BCUT2D eigenvalue weighted by Gasteiger charge is 2.39. The number of hydrogen-bond donors (Lipinski definition) is 3. The van der Waals surface area contributed by atoms with Crippen molar-refractivity contribution in [3.05, 3.63) is 79.1 Å². The van der Waals surface area contributed by atoms with Crippen LogP contribution in [0.1, 0.15) is 127 Å². The summed E-state index contributed by atoms with van der Waals surface area (Å²) in [7, 11) is -0.839. The smallest absolute Gasteiger partial charge is 0.374 e. The number of nitrogens with two attached hydrogens (primary N) is 1. The van der Waals surface area contributed by atoms with E-state index in [-0.39, 0.29) is 32.5 Å². The normalized spacial score (nSPS) is 13.1. The SMILES string of the molecule is C.CCC1=C(C)C(=O)N(Nc2ccc(C)c(Cl)n2)C1=O.CCC1=C(C)C(=O)OC1=O.CCOC(=O)/C(C)=C(/CC)C(=O)OCC.CCOC(=O)C(C)=O.CCOC(=O)C(CC)P(=O)(OC)OC.Cc1ccc(NN)nc1Cl. The van der Waals surface area contributed by atoms with Crippen LogP contribution in [0.2, 0.25) is 10.3 Å². The molecule has 0 saturated carbocycles. The summed E-state index contributed by atoms with van der Waals surface area (Å²) in [5.41, 5.74) is 8.70. The third-order valence-corrected chi connectivity index (χ3v) is 13.2. The molecule has 1 unspecified atom stereocenters. The molecule has 2 aromatic rings. The van der Waals surface area contributed by atoms with Crippen LogP contribution in [-0.2, 0) is 80.4 Å². The Hall–Kier alpha value is -6.36. The number of aryl methyl sites for hydroxylation is 2. The Morgan fingerprint density at radius 1 is 0.662 bits per heavy atom. The van der Waals surface area contributed by atoms with Crippen molar-refractivity contribution >= 4 is 95.8 Å². The van der Waals surface area contributed by atoms with Crippen molar-refractivity contribution in [3.63, 3.8) is 0 Å². The van der Waals surface area contributed by atoms with Crippen LogP contribution in [0.5, 0.6) is 0 Å². The molecule has 4 heterocycles. The fraction of sp³-hybridized carbons (Fsp3) is 0.510. The van der Waals surface area contributed by atoms with Crippen LogP contribution in [-0.4, -0.2) is 115 Å². The maximum Gasteiger partial charge on any atom is 0.374 e. The molecule has 0 bridgehead atoms. The maximum absolute atomic E-state index is 12.0. The van der Waals surface area contributed by atoms with Crippen molar-refractivity contribution in [2.24, 2.45) is 5.84 Å². The van der Waals surface area contributed by atoms with Crippen molar-refractivity contribution in [1.82, 2.24) is 15.0 Å². The minimum atomic E-state index is -3.35. The standard InChI is InChI=1S/C13H14ClN3O2.C11H18O4.C8H17O5P.C7H8O3.C6H8ClN3.C5H8O3.CH4/c1-4-9-8(3)12(18)17(13(9)19)16-10-6-5-7(2)11(14)15-10;1-5-9(11(13)15-7-3)8(4)10(12)14-6-2;1-5-7(8(9)13-6-2)14(10,11-3)12-4;1-3-5-4(2)6(8)10-7(5)9;1-4-2-3-5(10-8)9-6(4)7;1-3-8-5(7)4(2)6;/h5-6H,4H2,1-3H3,(H,15,16);5-7H2,1-4H3;7H,5-6H2,1-4H3;3H2,1-2H3;2-3H,8H2,1H3,(H,9,10);3H2,1-2H3;1H4/b;9-8-;;;;;. The van der Waals surface area contributed by atoms with E-state index in [4.69, 9.17) is 52.3 Å². The number of nitrogen functional groups attached to an aromatic ring is 1. The molecule has 2 aliphatic heterocycles. The first-order valence-electron chi connectivity index (χ1n) is 23.8. The summed E-state index contributed by atoms with van der Waals surface area (Å²) in [4.78, 5) is 108. The van der Waals surface area contributed by atoms with Gasteiger partial charge in [-0.15, -0.1) is 0 Å². The number of carbonyl (C=O) groups is 9. The number of carbonyl (C=O) groups excluding carboxylic acids is 9. The molecule has 1 atom stereocenters. The molecule has 77 heavy (non-hydrogen) atoms. The van der Waals surface area contributed by atoms with Crippen LogP contribution in [0.4, 0.5) is 11.6 Å². The number of rotatable bonds is 18. The number of imide groups is 1. The summed E-state index contributed by atoms with van der Waals surface area (Å²) in [6, 6.07) is 7.05. The lowest BCUT2D eigenvalue weighted by atomic mass is 10.1. The van der Waals surface area contributed by atoms with E-state index in [9.17, 15) is 47.7 Å². The lowest BCUT2D eigenvalue weighted by Gasteiger charge is -2.21. The van der Waals surface area contributed by atoms with Crippen LogP contribution in [0, 0.1) is 13.8 Å². The number of anilines is 2. The number of nitrogens with zero attached hydrogens (tertiary/aromatic N) is 3.